The topological polar surface area (TPSA) is 82.8 Å². The minimum Gasteiger partial charge on any atom is -0.481 e. The van der Waals surface area contributed by atoms with Gasteiger partial charge in [0.1, 0.15) is 0 Å². The molecule has 0 bridgehead atoms. The van der Waals surface area contributed by atoms with E-state index < -0.39 is 5.97 Å². The molecule has 7 heteroatoms. The molecule has 200 valence electrons. The second-order valence-corrected chi connectivity index (χ2v) is 10.0. The van der Waals surface area contributed by atoms with E-state index in [1.54, 1.807) is 15.5 Å². The molecule has 1 fully saturated rings. The number of anilines is 1. The molecule has 0 unspecified atom stereocenters. The van der Waals surface area contributed by atoms with E-state index in [0.717, 1.165) is 12.1 Å². The fourth-order valence-electron chi connectivity index (χ4n) is 5.50. The smallest absolute Gasteiger partial charge is 0.306 e. The maximum absolute atomic E-state index is 14.6. The maximum atomic E-state index is 14.6. The Bertz CT molecular complexity index is 1520. The molecule has 1 aliphatic heterocycles. The molecule has 0 aliphatic carbocycles. The number of aromatic nitrogens is 1. The molecular weight excluding hydrogens is 490 g/mol. The number of likely N-dealkylation sites (tertiary alicyclic amines) is 1. The van der Waals surface area contributed by atoms with E-state index in [0.29, 0.717) is 66.7 Å². The Kier molecular flexibility index (Phi) is 7.89. The Morgan fingerprint density at radius 1 is 0.872 bits per heavy atom. The van der Waals surface area contributed by atoms with Gasteiger partial charge in [0.2, 0.25) is 0 Å². The van der Waals surface area contributed by atoms with Gasteiger partial charge in [0, 0.05) is 35.2 Å². The van der Waals surface area contributed by atoms with Crippen molar-refractivity contribution in [3.05, 3.63) is 107 Å². The molecule has 0 saturated carbocycles. The number of nitrogens with zero attached hydrogens (tertiary/aromatic N) is 3. The van der Waals surface area contributed by atoms with Gasteiger partial charge in [0.25, 0.3) is 11.5 Å². The highest BCUT2D eigenvalue weighted by Crippen LogP contribution is 2.29. The maximum Gasteiger partial charge on any atom is 0.306 e. The van der Waals surface area contributed by atoms with Crippen molar-refractivity contribution < 1.29 is 14.7 Å². The fraction of sp³-hybridized carbons (Fsp3) is 0.281. The molecule has 4 aromatic rings. The van der Waals surface area contributed by atoms with E-state index in [1.165, 1.54) is 0 Å². The summed E-state index contributed by atoms with van der Waals surface area (Å²) in [7, 11) is 0. The highest BCUT2D eigenvalue weighted by atomic mass is 16.4. The molecule has 5 rings (SSSR count). The van der Waals surface area contributed by atoms with Crippen LogP contribution in [0.1, 0.15) is 42.2 Å². The van der Waals surface area contributed by atoms with Gasteiger partial charge in [0.05, 0.1) is 17.2 Å². The Morgan fingerprint density at radius 3 is 2.08 bits per heavy atom. The number of carboxylic acids is 1. The van der Waals surface area contributed by atoms with Crippen LogP contribution in [0.3, 0.4) is 0 Å². The molecule has 2 heterocycles. The van der Waals surface area contributed by atoms with Gasteiger partial charge in [-0.3, -0.25) is 23.9 Å². The van der Waals surface area contributed by atoms with Crippen molar-refractivity contribution in [2.24, 2.45) is 5.92 Å². The highest BCUT2D eigenvalue weighted by Gasteiger charge is 2.30. The highest BCUT2D eigenvalue weighted by molar-refractivity contribution is 6.15. The summed E-state index contributed by atoms with van der Waals surface area (Å²) in [6.45, 7) is 4.09. The van der Waals surface area contributed by atoms with E-state index in [2.05, 4.69) is 4.90 Å². The van der Waals surface area contributed by atoms with E-state index in [-0.39, 0.29) is 17.4 Å². The summed E-state index contributed by atoms with van der Waals surface area (Å²) in [5.74, 6) is -1.29. The van der Waals surface area contributed by atoms with Crippen LogP contribution >= 0.6 is 0 Å². The van der Waals surface area contributed by atoms with Gasteiger partial charge in [-0.15, -0.1) is 0 Å². The Balaban J connectivity index is 1.73. The van der Waals surface area contributed by atoms with Crippen molar-refractivity contribution in [1.29, 1.82) is 0 Å². The van der Waals surface area contributed by atoms with Crippen LogP contribution < -0.4 is 10.5 Å². The molecule has 1 aliphatic rings. The van der Waals surface area contributed by atoms with Crippen molar-refractivity contribution in [3.8, 4) is 5.69 Å². The van der Waals surface area contributed by atoms with Crippen LogP contribution in [0, 0.1) is 5.92 Å². The van der Waals surface area contributed by atoms with Crippen LogP contribution in [0.15, 0.2) is 89.7 Å². The molecule has 39 heavy (non-hydrogen) atoms. The fourth-order valence-corrected chi connectivity index (χ4v) is 5.50. The molecule has 1 N–H and O–H groups in total. The number of hydrogen-bond donors (Lipinski definition) is 1. The number of carbonyl (C=O) groups is 2. The Hall–Kier alpha value is -4.23. The molecule has 3 aromatic carbocycles. The normalized spacial score (nSPS) is 14.4. The number of carboxylic acid groups (broad SMARTS) is 1. The van der Waals surface area contributed by atoms with Gasteiger partial charge >= 0.3 is 5.97 Å². The average molecular weight is 524 g/mol. The predicted molar refractivity (Wildman–Crippen MR) is 154 cm³/mol. The van der Waals surface area contributed by atoms with E-state index in [9.17, 15) is 19.5 Å². The van der Waals surface area contributed by atoms with Crippen LogP contribution in [0.2, 0.25) is 0 Å². The third-order valence-corrected chi connectivity index (χ3v) is 7.49. The number of amides is 1. The summed E-state index contributed by atoms with van der Waals surface area (Å²) in [4.78, 5) is 44.1. The van der Waals surface area contributed by atoms with Crippen LogP contribution in [-0.4, -0.2) is 46.1 Å². The second-order valence-electron chi connectivity index (χ2n) is 10.0. The minimum absolute atomic E-state index is 0.153. The number of piperidine rings is 1. The number of fused-ring (bicyclic) bond motifs is 1. The number of rotatable bonds is 8. The van der Waals surface area contributed by atoms with Gasteiger partial charge in [0.15, 0.2) is 0 Å². The van der Waals surface area contributed by atoms with Crippen molar-refractivity contribution >= 4 is 28.3 Å². The number of benzene rings is 3. The van der Waals surface area contributed by atoms with E-state index >= 15 is 0 Å². The lowest BCUT2D eigenvalue weighted by molar-refractivity contribution is -0.143. The summed E-state index contributed by atoms with van der Waals surface area (Å²) in [5, 5.41) is 10.6. The van der Waals surface area contributed by atoms with E-state index in [1.807, 2.05) is 85.8 Å². The average Bonchev–Trinajstić information content (AvgIpc) is 2.97. The van der Waals surface area contributed by atoms with Crippen molar-refractivity contribution in [3.63, 3.8) is 0 Å². The lowest BCUT2D eigenvalue weighted by Crippen LogP contribution is -2.40. The third kappa shape index (κ3) is 5.36. The summed E-state index contributed by atoms with van der Waals surface area (Å²) in [5.41, 5.74) is 2.46. The minimum atomic E-state index is -0.768. The molecule has 0 atom stereocenters. The van der Waals surface area contributed by atoms with Gasteiger partial charge in [-0.2, -0.15) is 0 Å². The van der Waals surface area contributed by atoms with Crippen LogP contribution in [0.25, 0.3) is 16.5 Å². The summed E-state index contributed by atoms with van der Waals surface area (Å²) in [6.07, 6.45) is 1.84. The first-order chi connectivity index (χ1) is 19.0. The molecular formula is C32H33N3O4. The van der Waals surface area contributed by atoms with Crippen molar-refractivity contribution in [2.45, 2.75) is 32.7 Å². The lowest BCUT2D eigenvalue weighted by Gasteiger charge is -2.32. The standard InChI is InChI=1S/C32H33N3O4/c1-2-19-34(24-11-5-3-6-12-24)31(37)29-26-15-9-10-16-27(26)30(36)35(25-13-7-4-8-14-25)28(29)22-33-20-17-23(18-21-33)32(38)39/h3-16,23H,2,17-22H2,1H3,(H,38,39). The summed E-state index contributed by atoms with van der Waals surface area (Å²) in [6, 6.07) is 26.4. The van der Waals surface area contributed by atoms with Crippen LogP contribution in [0.5, 0.6) is 0 Å². The molecule has 7 nitrogen and oxygen atoms in total. The largest absolute Gasteiger partial charge is 0.481 e. The van der Waals surface area contributed by atoms with Crippen LogP contribution in [-0.2, 0) is 11.3 Å². The lowest BCUT2D eigenvalue weighted by atomic mass is 9.96. The molecule has 1 saturated heterocycles. The monoisotopic (exact) mass is 523 g/mol. The first-order valence-corrected chi connectivity index (χ1v) is 13.5. The van der Waals surface area contributed by atoms with Gasteiger partial charge in [-0.25, -0.2) is 0 Å². The molecule has 1 amide bonds. The Morgan fingerprint density at radius 2 is 1.46 bits per heavy atom. The molecule has 0 spiro atoms. The number of hydrogen-bond acceptors (Lipinski definition) is 4. The quantitative estimate of drug-likeness (QED) is 0.337. The van der Waals surface area contributed by atoms with Crippen LogP contribution in [0.4, 0.5) is 5.69 Å². The first-order valence-electron chi connectivity index (χ1n) is 13.5. The SMILES string of the molecule is CCCN(C(=O)c1c(CN2CCC(C(=O)O)CC2)n(-c2ccccc2)c(=O)c2ccccc12)c1ccccc1. The van der Waals surface area contributed by atoms with Crippen molar-refractivity contribution in [1.82, 2.24) is 9.47 Å². The van der Waals surface area contributed by atoms with Gasteiger partial charge < -0.3 is 10.0 Å². The van der Waals surface area contributed by atoms with Gasteiger partial charge in [-0.1, -0.05) is 61.5 Å². The molecule has 1 aromatic heterocycles. The van der Waals surface area contributed by atoms with Crippen molar-refractivity contribution in [2.75, 3.05) is 24.5 Å². The summed E-state index contributed by atoms with van der Waals surface area (Å²) >= 11 is 0. The predicted octanol–water partition coefficient (Wildman–Crippen LogP) is 5.34. The first kappa shape index (κ1) is 26.4. The third-order valence-electron chi connectivity index (χ3n) is 7.49. The summed E-state index contributed by atoms with van der Waals surface area (Å²) < 4.78 is 1.67. The number of pyridine rings is 1. The molecule has 0 radical (unpaired) electrons. The Labute approximate surface area is 227 Å². The zero-order valence-corrected chi connectivity index (χ0v) is 22.1. The van der Waals surface area contributed by atoms with E-state index in [4.69, 9.17) is 0 Å². The number of para-hydroxylation sites is 2. The second kappa shape index (κ2) is 11.7. The zero-order valence-electron chi connectivity index (χ0n) is 22.1. The number of carbonyl (C=O) groups excluding carboxylic acids is 1. The van der Waals surface area contributed by atoms with Gasteiger partial charge in [-0.05, 0) is 62.7 Å². The number of aliphatic carboxylic acids is 1. The zero-order chi connectivity index (χ0) is 27.4.